The molecule has 0 spiro atoms. The first kappa shape index (κ1) is 25.8. The number of pyridine rings is 1. The van der Waals surface area contributed by atoms with Gasteiger partial charge in [-0.1, -0.05) is 48.0 Å². The van der Waals surface area contributed by atoms with Gasteiger partial charge in [0.15, 0.2) is 5.65 Å². The van der Waals surface area contributed by atoms with E-state index in [1.54, 1.807) is 6.20 Å². The van der Waals surface area contributed by atoms with Crippen LogP contribution in [-0.2, 0) is 13.1 Å². The van der Waals surface area contributed by atoms with Crippen LogP contribution >= 0.6 is 11.6 Å². The maximum absolute atomic E-state index is 13.4. The minimum absolute atomic E-state index is 0.108. The largest absolute Gasteiger partial charge is 0.348 e. The van der Waals surface area contributed by atoms with Gasteiger partial charge in [-0.2, -0.15) is 5.10 Å². The summed E-state index contributed by atoms with van der Waals surface area (Å²) in [5.74, 6) is -0.185. The standard InChI is InChI=1S/C28H33ClN6O/c1-19(2)35-27-24(17-32-35)23(28(36)31-16-22-9-5-6-11-25(22)29)15-26(33-27)21-10-7-8-20(14-21)18-34(4)13-12-30-3/h5-11,14-15,17,19,30H,12-13,16,18H2,1-4H3,(H,31,36). The van der Waals surface area contributed by atoms with Crippen LogP contribution in [0, 0.1) is 0 Å². The number of rotatable bonds is 10. The van der Waals surface area contributed by atoms with Crippen molar-refractivity contribution in [3.05, 3.63) is 82.5 Å². The van der Waals surface area contributed by atoms with E-state index in [0.29, 0.717) is 22.8 Å². The van der Waals surface area contributed by atoms with Gasteiger partial charge in [-0.25, -0.2) is 9.67 Å². The van der Waals surface area contributed by atoms with Gasteiger partial charge >= 0.3 is 0 Å². The summed E-state index contributed by atoms with van der Waals surface area (Å²) in [4.78, 5) is 20.6. The van der Waals surface area contributed by atoms with Gasteiger partial charge in [0.2, 0.25) is 0 Å². The second-order valence-corrected chi connectivity index (χ2v) is 9.70. The molecule has 0 fully saturated rings. The van der Waals surface area contributed by atoms with Gasteiger partial charge < -0.3 is 15.5 Å². The maximum atomic E-state index is 13.4. The highest BCUT2D eigenvalue weighted by molar-refractivity contribution is 6.31. The first-order chi connectivity index (χ1) is 17.4. The lowest BCUT2D eigenvalue weighted by Crippen LogP contribution is -2.26. The topological polar surface area (TPSA) is 75.1 Å². The fourth-order valence-electron chi connectivity index (χ4n) is 4.17. The number of likely N-dealkylation sites (N-methyl/N-ethyl adjacent to an activating group) is 2. The summed E-state index contributed by atoms with van der Waals surface area (Å²) in [7, 11) is 4.07. The number of hydrogen-bond acceptors (Lipinski definition) is 5. The first-order valence-corrected chi connectivity index (χ1v) is 12.6. The highest BCUT2D eigenvalue weighted by Crippen LogP contribution is 2.27. The SMILES string of the molecule is CNCCN(C)Cc1cccc(-c2cc(C(=O)NCc3ccccc3Cl)c3cnn(C(C)C)c3n2)c1. The van der Waals surface area contributed by atoms with Gasteiger partial charge in [0.1, 0.15) is 0 Å². The van der Waals surface area contributed by atoms with Crippen LogP contribution in [0.2, 0.25) is 5.02 Å². The highest BCUT2D eigenvalue weighted by Gasteiger charge is 2.19. The van der Waals surface area contributed by atoms with Crippen molar-refractivity contribution in [2.75, 3.05) is 27.2 Å². The van der Waals surface area contributed by atoms with Gasteiger partial charge in [-0.15, -0.1) is 0 Å². The van der Waals surface area contributed by atoms with Crippen molar-refractivity contribution in [2.45, 2.75) is 33.0 Å². The molecule has 0 radical (unpaired) electrons. The van der Waals surface area contributed by atoms with Crippen LogP contribution in [0.25, 0.3) is 22.3 Å². The van der Waals surface area contributed by atoms with Crippen molar-refractivity contribution in [1.29, 1.82) is 0 Å². The summed E-state index contributed by atoms with van der Waals surface area (Å²) in [6.07, 6.45) is 1.73. The highest BCUT2D eigenvalue weighted by atomic mass is 35.5. The minimum atomic E-state index is -0.185. The zero-order valence-electron chi connectivity index (χ0n) is 21.3. The van der Waals surface area contributed by atoms with E-state index in [1.807, 2.05) is 54.2 Å². The summed E-state index contributed by atoms with van der Waals surface area (Å²) in [5.41, 5.74) is 5.01. The summed E-state index contributed by atoms with van der Waals surface area (Å²) in [5, 5.41) is 12.1. The van der Waals surface area contributed by atoms with Crippen LogP contribution in [0.1, 0.15) is 41.4 Å². The smallest absolute Gasteiger partial charge is 0.252 e. The molecule has 1 amide bonds. The van der Waals surface area contributed by atoms with Crippen molar-refractivity contribution in [3.63, 3.8) is 0 Å². The van der Waals surface area contributed by atoms with Crippen LogP contribution in [-0.4, -0.2) is 52.8 Å². The lowest BCUT2D eigenvalue weighted by atomic mass is 10.0. The summed E-state index contributed by atoms with van der Waals surface area (Å²) in [6, 6.07) is 17.8. The number of hydrogen-bond donors (Lipinski definition) is 2. The Hall–Kier alpha value is -3.26. The van der Waals surface area contributed by atoms with E-state index in [9.17, 15) is 4.79 Å². The molecule has 0 unspecified atom stereocenters. The number of fused-ring (bicyclic) bond motifs is 1. The average molecular weight is 505 g/mol. The molecule has 4 rings (SSSR count). The monoisotopic (exact) mass is 504 g/mol. The molecule has 188 valence electrons. The molecular formula is C28H33ClN6O. The number of nitrogens with one attached hydrogen (secondary N) is 2. The van der Waals surface area contributed by atoms with Crippen LogP contribution in [0.3, 0.4) is 0 Å². The molecule has 36 heavy (non-hydrogen) atoms. The Morgan fingerprint density at radius 2 is 1.94 bits per heavy atom. The number of carbonyl (C=O) groups is 1. The Morgan fingerprint density at radius 1 is 1.14 bits per heavy atom. The molecule has 8 heteroatoms. The van der Waals surface area contributed by atoms with E-state index in [-0.39, 0.29) is 11.9 Å². The van der Waals surface area contributed by atoms with Crippen molar-refractivity contribution in [2.24, 2.45) is 0 Å². The van der Waals surface area contributed by atoms with E-state index in [0.717, 1.165) is 41.8 Å². The quantitative estimate of drug-likeness (QED) is 0.321. The average Bonchev–Trinajstić information content (AvgIpc) is 3.31. The zero-order chi connectivity index (χ0) is 25.7. The van der Waals surface area contributed by atoms with Crippen molar-refractivity contribution in [3.8, 4) is 11.3 Å². The normalized spacial score (nSPS) is 11.5. The predicted octanol–water partition coefficient (Wildman–Crippen LogP) is 4.91. The summed E-state index contributed by atoms with van der Waals surface area (Å²) >= 11 is 6.29. The molecule has 0 aliphatic carbocycles. The van der Waals surface area contributed by atoms with Crippen molar-refractivity contribution >= 4 is 28.5 Å². The molecule has 7 nitrogen and oxygen atoms in total. The number of benzene rings is 2. The Kier molecular flexibility index (Phi) is 8.36. The summed E-state index contributed by atoms with van der Waals surface area (Å²) in [6.45, 7) is 7.16. The first-order valence-electron chi connectivity index (χ1n) is 12.2. The fourth-order valence-corrected chi connectivity index (χ4v) is 4.37. The molecule has 0 saturated heterocycles. The molecule has 4 aromatic rings. The molecule has 0 saturated carbocycles. The predicted molar refractivity (Wildman–Crippen MR) is 146 cm³/mol. The minimum Gasteiger partial charge on any atom is -0.348 e. The number of aromatic nitrogens is 3. The fraction of sp³-hybridized carbons (Fsp3) is 0.321. The van der Waals surface area contributed by atoms with Gasteiger partial charge in [-0.05, 0) is 57.3 Å². The van der Waals surface area contributed by atoms with Crippen LogP contribution in [0.5, 0.6) is 0 Å². The molecule has 2 aromatic carbocycles. The van der Waals surface area contributed by atoms with Crippen molar-refractivity contribution in [1.82, 2.24) is 30.3 Å². The van der Waals surface area contributed by atoms with E-state index in [1.165, 1.54) is 5.56 Å². The Balaban J connectivity index is 1.69. The lowest BCUT2D eigenvalue weighted by Gasteiger charge is -2.17. The molecule has 0 bridgehead atoms. The number of carbonyl (C=O) groups excluding carboxylic acids is 1. The Morgan fingerprint density at radius 3 is 2.69 bits per heavy atom. The van der Waals surface area contributed by atoms with E-state index in [2.05, 4.69) is 53.7 Å². The van der Waals surface area contributed by atoms with Crippen LogP contribution < -0.4 is 10.6 Å². The number of nitrogens with zero attached hydrogens (tertiary/aromatic N) is 4. The number of halogens is 1. The molecule has 0 aliphatic heterocycles. The third kappa shape index (κ3) is 5.93. The molecule has 2 heterocycles. The lowest BCUT2D eigenvalue weighted by molar-refractivity contribution is 0.0952. The van der Waals surface area contributed by atoms with Crippen molar-refractivity contribution < 1.29 is 4.79 Å². The van der Waals surface area contributed by atoms with Crippen LogP contribution in [0.15, 0.2) is 60.8 Å². The van der Waals surface area contributed by atoms with E-state index >= 15 is 0 Å². The Bertz CT molecular complexity index is 1350. The molecular weight excluding hydrogens is 472 g/mol. The number of amides is 1. The van der Waals surface area contributed by atoms with Gasteiger partial charge in [0, 0.05) is 42.8 Å². The Labute approximate surface area is 217 Å². The van der Waals surface area contributed by atoms with Gasteiger partial charge in [-0.3, -0.25) is 4.79 Å². The third-order valence-electron chi connectivity index (χ3n) is 6.12. The van der Waals surface area contributed by atoms with Crippen LogP contribution in [0.4, 0.5) is 0 Å². The molecule has 2 aromatic heterocycles. The zero-order valence-corrected chi connectivity index (χ0v) is 22.0. The van der Waals surface area contributed by atoms with E-state index < -0.39 is 0 Å². The third-order valence-corrected chi connectivity index (χ3v) is 6.49. The second kappa shape index (κ2) is 11.6. The molecule has 0 atom stereocenters. The van der Waals surface area contributed by atoms with Gasteiger partial charge in [0.05, 0.1) is 22.8 Å². The molecule has 2 N–H and O–H groups in total. The van der Waals surface area contributed by atoms with E-state index in [4.69, 9.17) is 16.6 Å². The molecule has 0 aliphatic rings. The summed E-state index contributed by atoms with van der Waals surface area (Å²) < 4.78 is 1.86. The van der Waals surface area contributed by atoms with Gasteiger partial charge in [0.25, 0.3) is 5.91 Å². The maximum Gasteiger partial charge on any atom is 0.252 e. The second-order valence-electron chi connectivity index (χ2n) is 9.29.